The minimum absolute atomic E-state index is 0.0365. The van der Waals surface area contributed by atoms with Gasteiger partial charge in [-0.1, -0.05) is 12.1 Å². The molecule has 4 rings (SSSR count). The highest BCUT2D eigenvalue weighted by molar-refractivity contribution is 5.89. The number of rotatable bonds is 4. The van der Waals surface area contributed by atoms with Crippen LogP contribution in [0.1, 0.15) is 36.8 Å². The van der Waals surface area contributed by atoms with E-state index in [2.05, 4.69) is 5.32 Å². The predicted molar refractivity (Wildman–Crippen MR) is 120 cm³/mol. The SMILES string of the molecule is O=C(CCc1ccc(F)cc1)N1CCC2(CC1)CCN(C(=O)Nc1ccc(C(F)(F)F)cc1)C2. The fraction of sp³-hybridized carbons (Fsp3) is 0.440. The summed E-state index contributed by atoms with van der Waals surface area (Å²) >= 11 is 0. The van der Waals surface area contributed by atoms with Crippen LogP contribution in [-0.2, 0) is 17.4 Å². The molecule has 182 valence electrons. The zero-order valence-electron chi connectivity index (χ0n) is 18.7. The Labute approximate surface area is 195 Å². The summed E-state index contributed by atoms with van der Waals surface area (Å²) in [6.07, 6.45) is -1.02. The van der Waals surface area contributed by atoms with Crippen molar-refractivity contribution < 1.29 is 27.2 Å². The van der Waals surface area contributed by atoms with Gasteiger partial charge in [0.05, 0.1) is 5.56 Å². The van der Waals surface area contributed by atoms with Crippen molar-refractivity contribution in [3.63, 3.8) is 0 Å². The summed E-state index contributed by atoms with van der Waals surface area (Å²) in [6, 6.07) is 10.2. The Morgan fingerprint density at radius 3 is 2.06 bits per heavy atom. The Hall–Kier alpha value is -3.10. The second-order valence-electron chi connectivity index (χ2n) is 9.18. The number of hydrogen-bond donors (Lipinski definition) is 1. The second kappa shape index (κ2) is 9.64. The van der Waals surface area contributed by atoms with Gasteiger partial charge in [-0.15, -0.1) is 0 Å². The first-order valence-electron chi connectivity index (χ1n) is 11.4. The van der Waals surface area contributed by atoms with E-state index in [4.69, 9.17) is 0 Å². The number of aryl methyl sites for hydroxylation is 1. The van der Waals surface area contributed by atoms with Gasteiger partial charge in [-0.05, 0) is 73.1 Å². The van der Waals surface area contributed by atoms with Crippen LogP contribution < -0.4 is 5.32 Å². The largest absolute Gasteiger partial charge is 0.416 e. The molecule has 2 aliphatic rings. The normalized spacial score (nSPS) is 17.8. The highest BCUT2D eigenvalue weighted by Crippen LogP contribution is 2.40. The van der Waals surface area contributed by atoms with Gasteiger partial charge in [-0.2, -0.15) is 13.2 Å². The Morgan fingerprint density at radius 1 is 0.882 bits per heavy atom. The van der Waals surface area contributed by atoms with E-state index in [0.29, 0.717) is 44.7 Å². The number of amides is 3. The third-order valence-corrected chi connectivity index (χ3v) is 6.91. The molecule has 1 spiro atoms. The third-order valence-electron chi connectivity index (χ3n) is 6.91. The zero-order chi connectivity index (χ0) is 24.3. The first-order chi connectivity index (χ1) is 16.1. The zero-order valence-corrected chi connectivity index (χ0v) is 18.7. The van der Waals surface area contributed by atoms with Crippen LogP contribution in [0.4, 0.5) is 28.0 Å². The van der Waals surface area contributed by atoms with E-state index < -0.39 is 11.7 Å². The molecule has 0 bridgehead atoms. The van der Waals surface area contributed by atoms with Crippen molar-refractivity contribution in [2.75, 3.05) is 31.5 Å². The smallest absolute Gasteiger partial charge is 0.343 e. The summed E-state index contributed by atoms with van der Waals surface area (Å²) in [7, 11) is 0. The molecule has 0 aromatic heterocycles. The van der Waals surface area contributed by atoms with Crippen LogP contribution in [0.15, 0.2) is 48.5 Å². The summed E-state index contributed by atoms with van der Waals surface area (Å²) in [6.45, 7) is 2.41. The number of halogens is 4. The number of alkyl halides is 3. The molecule has 3 amide bonds. The Bertz CT molecular complexity index is 1010. The summed E-state index contributed by atoms with van der Waals surface area (Å²) in [5, 5.41) is 2.68. The van der Waals surface area contributed by atoms with Gasteiger partial charge >= 0.3 is 12.2 Å². The Balaban J connectivity index is 1.24. The molecule has 2 saturated heterocycles. The van der Waals surface area contributed by atoms with Crippen LogP contribution in [0.2, 0.25) is 0 Å². The maximum absolute atomic E-state index is 13.0. The third kappa shape index (κ3) is 5.69. The van der Waals surface area contributed by atoms with Gasteiger partial charge in [-0.3, -0.25) is 4.79 Å². The highest BCUT2D eigenvalue weighted by atomic mass is 19.4. The molecule has 0 saturated carbocycles. The van der Waals surface area contributed by atoms with Gasteiger partial charge in [0.25, 0.3) is 0 Å². The number of likely N-dealkylation sites (tertiary alicyclic amines) is 2. The molecular weight excluding hydrogens is 450 g/mol. The molecule has 5 nitrogen and oxygen atoms in total. The molecule has 0 unspecified atom stereocenters. The van der Waals surface area contributed by atoms with Gasteiger partial charge in [0.1, 0.15) is 5.82 Å². The average Bonchev–Trinajstić information content (AvgIpc) is 3.22. The topological polar surface area (TPSA) is 52.7 Å². The lowest BCUT2D eigenvalue weighted by Gasteiger charge is -2.39. The van der Waals surface area contributed by atoms with Crippen LogP contribution >= 0.6 is 0 Å². The number of hydrogen-bond acceptors (Lipinski definition) is 2. The molecule has 2 heterocycles. The van der Waals surface area contributed by atoms with Gasteiger partial charge in [-0.25, -0.2) is 9.18 Å². The van der Waals surface area contributed by atoms with Gasteiger partial charge in [0, 0.05) is 38.3 Å². The van der Waals surface area contributed by atoms with E-state index in [1.54, 1.807) is 17.0 Å². The lowest BCUT2D eigenvalue weighted by atomic mass is 9.77. The van der Waals surface area contributed by atoms with Gasteiger partial charge in [0.15, 0.2) is 0 Å². The molecule has 2 aromatic rings. The number of carbonyl (C=O) groups excluding carboxylic acids is 2. The molecule has 34 heavy (non-hydrogen) atoms. The predicted octanol–water partition coefficient (Wildman–Crippen LogP) is 5.32. The maximum Gasteiger partial charge on any atom is 0.416 e. The number of piperidine rings is 1. The van der Waals surface area contributed by atoms with E-state index in [1.807, 2.05) is 4.90 Å². The minimum Gasteiger partial charge on any atom is -0.343 e. The highest BCUT2D eigenvalue weighted by Gasteiger charge is 2.42. The average molecular weight is 478 g/mol. The summed E-state index contributed by atoms with van der Waals surface area (Å²) in [5.74, 6) is -0.218. The van der Waals surface area contributed by atoms with E-state index >= 15 is 0 Å². The first kappa shape index (κ1) is 24.0. The van der Waals surface area contributed by atoms with E-state index in [-0.39, 0.29) is 23.2 Å². The van der Waals surface area contributed by atoms with Crippen LogP contribution in [0.5, 0.6) is 0 Å². The van der Waals surface area contributed by atoms with Crippen LogP contribution in [0.3, 0.4) is 0 Å². The van der Waals surface area contributed by atoms with Crippen LogP contribution in [-0.4, -0.2) is 47.9 Å². The lowest BCUT2D eigenvalue weighted by molar-refractivity contribution is -0.137. The fourth-order valence-electron chi connectivity index (χ4n) is 4.75. The van der Waals surface area contributed by atoms with E-state index in [1.165, 1.54) is 24.3 Å². The number of nitrogens with zero attached hydrogens (tertiary/aromatic N) is 2. The summed E-state index contributed by atoms with van der Waals surface area (Å²) in [4.78, 5) is 28.8. The van der Waals surface area contributed by atoms with Crippen molar-refractivity contribution >= 4 is 17.6 Å². The molecule has 0 radical (unpaired) electrons. The molecule has 9 heteroatoms. The Kier molecular flexibility index (Phi) is 6.81. The number of nitrogens with one attached hydrogen (secondary N) is 1. The number of carbonyl (C=O) groups is 2. The van der Waals surface area contributed by atoms with E-state index in [9.17, 15) is 27.2 Å². The molecule has 0 aliphatic carbocycles. The standard InChI is InChI=1S/C25H27F4N3O2/c26-20-6-1-18(2-7-20)3-10-22(33)31-14-11-24(12-15-31)13-16-32(17-24)23(34)30-21-8-4-19(5-9-21)25(27,28)29/h1-2,4-9H,3,10-17H2,(H,30,34). The number of urea groups is 1. The fourth-order valence-corrected chi connectivity index (χ4v) is 4.75. The van der Waals surface area contributed by atoms with Crippen molar-refractivity contribution in [2.45, 2.75) is 38.3 Å². The van der Waals surface area contributed by atoms with Crippen LogP contribution in [0.25, 0.3) is 0 Å². The molecular formula is C25H27F4N3O2. The van der Waals surface area contributed by atoms with Crippen LogP contribution in [0, 0.1) is 11.2 Å². The maximum atomic E-state index is 13.0. The quantitative estimate of drug-likeness (QED) is 0.606. The van der Waals surface area contributed by atoms with Crippen molar-refractivity contribution in [2.24, 2.45) is 5.41 Å². The second-order valence-corrected chi connectivity index (χ2v) is 9.18. The van der Waals surface area contributed by atoms with E-state index in [0.717, 1.165) is 37.0 Å². The monoisotopic (exact) mass is 477 g/mol. The molecule has 2 aliphatic heterocycles. The Morgan fingerprint density at radius 2 is 1.47 bits per heavy atom. The summed E-state index contributed by atoms with van der Waals surface area (Å²) in [5.41, 5.74) is 0.449. The number of benzene rings is 2. The molecule has 2 aromatic carbocycles. The first-order valence-corrected chi connectivity index (χ1v) is 11.4. The minimum atomic E-state index is -4.42. The van der Waals surface area contributed by atoms with Crippen molar-refractivity contribution in [1.29, 1.82) is 0 Å². The van der Waals surface area contributed by atoms with Crippen molar-refractivity contribution in [1.82, 2.24) is 9.80 Å². The molecule has 2 fully saturated rings. The molecule has 0 atom stereocenters. The molecule has 1 N–H and O–H groups in total. The van der Waals surface area contributed by atoms with Crippen molar-refractivity contribution in [3.8, 4) is 0 Å². The summed E-state index contributed by atoms with van der Waals surface area (Å²) < 4.78 is 51.1. The van der Waals surface area contributed by atoms with Gasteiger partial charge < -0.3 is 15.1 Å². The lowest BCUT2D eigenvalue weighted by Crippen LogP contribution is -2.45. The number of anilines is 1. The van der Waals surface area contributed by atoms with Crippen molar-refractivity contribution in [3.05, 3.63) is 65.5 Å². The van der Waals surface area contributed by atoms with Gasteiger partial charge in [0.2, 0.25) is 5.91 Å².